The van der Waals surface area contributed by atoms with Crippen molar-refractivity contribution in [2.75, 3.05) is 5.73 Å². The zero-order valence-electron chi connectivity index (χ0n) is 12.5. The van der Waals surface area contributed by atoms with Crippen LogP contribution in [0.15, 0.2) is 24.3 Å². The predicted octanol–water partition coefficient (Wildman–Crippen LogP) is 4.66. The molecule has 0 amide bonds. The number of aromatic nitrogens is 1. The quantitative estimate of drug-likeness (QED) is 0.836. The number of hydrogen-bond donors (Lipinski definition) is 1. The second-order valence-corrected chi connectivity index (χ2v) is 6.87. The number of ether oxygens (including phenoxy) is 1. The topological polar surface area (TPSA) is 48.1 Å². The molecule has 1 aliphatic carbocycles. The van der Waals surface area contributed by atoms with Gasteiger partial charge in [0.1, 0.15) is 12.4 Å². The summed E-state index contributed by atoms with van der Waals surface area (Å²) in [6.07, 6.45) is 6.67. The van der Waals surface area contributed by atoms with Crippen molar-refractivity contribution in [2.24, 2.45) is 0 Å². The molecule has 0 saturated heterocycles. The molecule has 1 aromatic heterocycles. The molecule has 1 aromatic carbocycles. The van der Waals surface area contributed by atoms with Gasteiger partial charge in [-0.3, -0.25) is 0 Å². The lowest BCUT2D eigenvalue weighted by Gasteiger charge is -2.18. The largest absolute Gasteiger partial charge is 0.488 e. The van der Waals surface area contributed by atoms with Crippen molar-refractivity contribution < 1.29 is 4.74 Å². The van der Waals surface area contributed by atoms with Crippen LogP contribution in [0.5, 0.6) is 5.75 Å². The number of hydrogen-bond acceptors (Lipinski definition) is 4. The van der Waals surface area contributed by atoms with Gasteiger partial charge in [0.2, 0.25) is 0 Å². The second-order valence-electron chi connectivity index (χ2n) is 5.75. The van der Waals surface area contributed by atoms with Crippen molar-refractivity contribution in [1.29, 1.82) is 0 Å². The fraction of sp³-hybridized carbons (Fsp3) is 0.471. The van der Waals surface area contributed by atoms with Gasteiger partial charge in [0.05, 0.1) is 15.6 Å². The number of thiazole rings is 1. The van der Waals surface area contributed by atoms with E-state index in [9.17, 15) is 0 Å². The van der Waals surface area contributed by atoms with Crippen LogP contribution in [0, 0.1) is 6.92 Å². The maximum absolute atomic E-state index is 5.84. The summed E-state index contributed by atoms with van der Waals surface area (Å²) in [5.41, 5.74) is 7.56. The summed E-state index contributed by atoms with van der Waals surface area (Å²) in [5.74, 6) is 1.53. The fourth-order valence-corrected chi connectivity index (χ4v) is 3.97. The lowest BCUT2D eigenvalue weighted by atomic mass is 9.90. The van der Waals surface area contributed by atoms with Gasteiger partial charge in [0.25, 0.3) is 0 Å². The van der Waals surface area contributed by atoms with E-state index in [2.05, 4.69) is 6.92 Å². The first kappa shape index (κ1) is 14.4. The zero-order chi connectivity index (χ0) is 14.7. The number of nitrogen functional groups attached to an aromatic ring is 1. The number of nitrogens with two attached hydrogens (primary N) is 1. The van der Waals surface area contributed by atoms with Crippen molar-refractivity contribution in [3.05, 3.63) is 39.8 Å². The summed E-state index contributed by atoms with van der Waals surface area (Å²) in [7, 11) is 0. The number of nitrogens with zero attached hydrogens (tertiary/aromatic N) is 1. The van der Waals surface area contributed by atoms with E-state index in [1.54, 1.807) is 0 Å². The predicted molar refractivity (Wildman–Crippen MR) is 87.9 cm³/mol. The van der Waals surface area contributed by atoms with Crippen LogP contribution in [0.1, 0.15) is 53.6 Å². The second kappa shape index (κ2) is 6.48. The van der Waals surface area contributed by atoms with Gasteiger partial charge in [-0.15, -0.1) is 11.3 Å². The SMILES string of the molecule is Cc1nc(C2CCCCC2)sc1COc1ccc(N)cc1. The molecule has 2 N–H and O–H groups in total. The Morgan fingerprint density at radius 1 is 1.19 bits per heavy atom. The van der Waals surface area contributed by atoms with E-state index in [1.165, 1.54) is 42.0 Å². The first-order valence-electron chi connectivity index (χ1n) is 7.67. The van der Waals surface area contributed by atoms with Crippen LogP contribution >= 0.6 is 11.3 Å². The van der Waals surface area contributed by atoms with E-state index in [-0.39, 0.29) is 0 Å². The summed E-state index contributed by atoms with van der Waals surface area (Å²) in [4.78, 5) is 6.02. The number of rotatable bonds is 4. The molecule has 1 saturated carbocycles. The Balaban J connectivity index is 1.65. The van der Waals surface area contributed by atoms with E-state index in [0.717, 1.165) is 17.1 Å². The van der Waals surface area contributed by atoms with E-state index >= 15 is 0 Å². The van der Waals surface area contributed by atoms with Crippen molar-refractivity contribution in [3.8, 4) is 5.75 Å². The molecule has 0 atom stereocenters. The molecule has 1 heterocycles. The first-order chi connectivity index (χ1) is 10.2. The summed E-state index contributed by atoms with van der Waals surface area (Å²) in [5, 5.41) is 1.31. The fourth-order valence-electron chi connectivity index (χ4n) is 2.82. The van der Waals surface area contributed by atoms with E-state index < -0.39 is 0 Å². The summed E-state index contributed by atoms with van der Waals surface area (Å²) in [6, 6.07) is 7.55. The molecule has 3 nitrogen and oxygen atoms in total. The summed E-state index contributed by atoms with van der Waals surface area (Å²) < 4.78 is 5.84. The Hall–Kier alpha value is -1.55. The lowest BCUT2D eigenvalue weighted by molar-refractivity contribution is 0.309. The molecule has 0 aliphatic heterocycles. The highest BCUT2D eigenvalue weighted by molar-refractivity contribution is 7.11. The lowest BCUT2D eigenvalue weighted by Crippen LogP contribution is -2.03. The van der Waals surface area contributed by atoms with Gasteiger partial charge in [-0.05, 0) is 44.0 Å². The highest BCUT2D eigenvalue weighted by Gasteiger charge is 2.20. The van der Waals surface area contributed by atoms with Crippen LogP contribution < -0.4 is 10.5 Å². The van der Waals surface area contributed by atoms with Crippen LogP contribution in [0.4, 0.5) is 5.69 Å². The third-order valence-corrected chi connectivity index (χ3v) is 5.41. The molecule has 1 fully saturated rings. The van der Waals surface area contributed by atoms with Crippen LogP contribution in [0.2, 0.25) is 0 Å². The van der Waals surface area contributed by atoms with Gasteiger partial charge < -0.3 is 10.5 Å². The number of benzene rings is 1. The minimum atomic E-state index is 0.597. The average molecular weight is 302 g/mol. The van der Waals surface area contributed by atoms with Crippen molar-refractivity contribution in [3.63, 3.8) is 0 Å². The van der Waals surface area contributed by atoms with Gasteiger partial charge in [-0.25, -0.2) is 4.98 Å². The number of anilines is 1. The Morgan fingerprint density at radius 3 is 2.62 bits per heavy atom. The standard InChI is InChI=1S/C17H22N2OS/c1-12-16(11-20-15-9-7-14(18)8-10-15)21-17(19-12)13-5-3-2-4-6-13/h7-10,13H,2-6,11,18H2,1H3. The molecule has 2 aromatic rings. The minimum absolute atomic E-state index is 0.597. The number of aryl methyl sites for hydroxylation is 1. The first-order valence-corrected chi connectivity index (χ1v) is 8.48. The Morgan fingerprint density at radius 2 is 1.90 bits per heavy atom. The molecule has 0 bridgehead atoms. The van der Waals surface area contributed by atoms with Gasteiger partial charge in [0, 0.05) is 11.6 Å². The average Bonchev–Trinajstić information content (AvgIpc) is 2.89. The molecular formula is C17H22N2OS. The molecule has 1 aliphatic rings. The van der Waals surface area contributed by atoms with Crippen molar-refractivity contribution in [1.82, 2.24) is 4.98 Å². The summed E-state index contributed by atoms with van der Waals surface area (Å²) in [6.45, 7) is 2.69. The Labute approximate surface area is 130 Å². The van der Waals surface area contributed by atoms with Crippen LogP contribution in [0.3, 0.4) is 0 Å². The molecule has 4 heteroatoms. The third kappa shape index (κ3) is 3.56. The third-order valence-electron chi connectivity index (χ3n) is 4.11. The molecule has 21 heavy (non-hydrogen) atoms. The van der Waals surface area contributed by atoms with E-state index in [1.807, 2.05) is 35.6 Å². The van der Waals surface area contributed by atoms with Crippen LogP contribution in [-0.2, 0) is 6.61 Å². The molecule has 0 spiro atoms. The van der Waals surface area contributed by atoms with Crippen LogP contribution in [0.25, 0.3) is 0 Å². The zero-order valence-corrected chi connectivity index (χ0v) is 13.3. The Kier molecular flexibility index (Phi) is 4.44. The van der Waals surface area contributed by atoms with Crippen molar-refractivity contribution in [2.45, 2.75) is 51.6 Å². The smallest absolute Gasteiger partial charge is 0.124 e. The minimum Gasteiger partial charge on any atom is -0.488 e. The normalized spacial score (nSPS) is 16.0. The highest BCUT2D eigenvalue weighted by Crippen LogP contribution is 2.36. The monoisotopic (exact) mass is 302 g/mol. The van der Waals surface area contributed by atoms with Crippen molar-refractivity contribution >= 4 is 17.0 Å². The van der Waals surface area contributed by atoms with Gasteiger partial charge in [0.15, 0.2) is 0 Å². The molecule has 3 rings (SSSR count). The molecule has 0 radical (unpaired) electrons. The molecule has 0 unspecified atom stereocenters. The van der Waals surface area contributed by atoms with Crippen LogP contribution in [-0.4, -0.2) is 4.98 Å². The highest BCUT2D eigenvalue weighted by atomic mass is 32.1. The van der Waals surface area contributed by atoms with Gasteiger partial charge in [-0.2, -0.15) is 0 Å². The maximum atomic E-state index is 5.84. The van der Waals surface area contributed by atoms with E-state index in [4.69, 9.17) is 15.5 Å². The maximum Gasteiger partial charge on any atom is 0.124 e. The van der Waals surface area contributed by atoms with E-state index in [0.29, 0.717) is 12.5 Å². The molecule has 112 valence electrons. The van der Waals surface area contributed by atoms with Gasteiger partial charge >= 0.3 is 0 Å². The summed E-state index contributed by atoms with van der Waals surface area (Å²) >= 11 is 1.83. The van der Waals surface area contributed by atoms with Gasteiger partial charge in [-0.1, -0.05) is 19.3 Å². The molecular weight excluding hydrogens is 280 g/mol. The Bertz CT molecular complexity index is 585.